The van der Waals surface area contributed by atoms with E-state index < -0.39 is 40.3 Å². The van der Waals surface area contributed by atoms with Gasteiger partial charge in [0.2, 0.25) is 0 Å². The van der Waals surface area contributed by atoms with Crippen molar-refractivity contribution in [1.82, 2.24) is 0 Å². The highest BCUT2D eigenvalue weighted by atomic mass is 16.5. The second kappa shape index (κ2) is 5.33. The fourth-order valence-corrected chi connectivity index (χ4v) is 7.86. The molecular formula is C22H28O6. The van der Waals surface area contributed by atoms with Crippen molar-refractivity contribution in [3.63, 3.8) is 0 Å². The molecule has 28 heavy (non-hydrogen) atoms. The number of carbonyl (C=O) groups excluding carboxylic acids is 3. The summed E-state index contributed by atoms with van der Waals surface area (Å²) >= 11 is 0. The third-order valence-electron chi connectivity index (χ3n) is 8.89. The normalized spacial score (nSPS) is 50.9. The lowest BCUT2D eigenvalue weighted by Gasteiger charge is -2.68. The SMILES string of the molecule is C=C1[C@@H]2CC[C@@H]3[C@](C2)(C(=O)[C@@H](O)[C@@H]2C(C)(C)[C@@H]4CC(=O)[C@@]32CO4)[C@@H]1OC(C)=O. The molecule has 6 heteroatoms. The summed E-state index contributed by atoms with van der Waals surface area (Å²) in [5, 5.41) is 11.3. The van der Waals surface area contributed by atoms with Gasteiger partial charge in [-0.1, -0.05) is 20.4 Å². The van der Waals surface area contributed by atoms with Gasteiger partial charge in [-0.15, -0.1) is 0 Å². The molecule has 4 bridgehead atoms. The highest BCUT2D eigenvalue weighted by Crippen LogP contribution is 2.72. The van der Waals surface area contributed by atoms with Crippen molar-refractivity contribution in [1.29, 1.82) is 0 Å². The van der Waals surface area contributed by atoms with E-state index in [0.29, 0.717) is 19.3 Å². The predicted molar refractivity (Wildman–Crippen MR) is 98.0 cm³/mol. The third-order valence-corrected chi connectivity index (χ3v) is 8.89. The fraction of sp³-hybridized carbons (Fsp3) is 0.773. The molecule has 1 N–H and O–H groups in total. The number of hydrogen-bond acceptors (Lipinski definition) is 6. The zero-order valence-corrected chi connectivity index (χ0v) is 16.7. The summed E-state index contributed by atoms with van der Waals surface area (Å²) in [5.41, 5.74) is -1.70. The van der Waals surface area contributed by atoms with Crippen LogP contribution in [0.4, 0.5) is 0 Å². The first-order valence-corrected chi connectivity index (χ1v) is 10.3. The molecule has 152 valence electrons. The lowest BCUT2D eigenvalue weighted by atomic mass is 9.37. The Morgan fingerprint density at radius 1 is 1.25 bits per heavy atom. The lowest BCUT2D eigenvalue weighted by molar-refractivity contribution is -0.275. The summed E-state index contributed by atoms with van der Waals surface area (Å²) in [4.78, 5) is 39.1. The molecule has 0 radical (unpaired) electrons. The van der Waals surface area contributed by atoms with Gasteiger partial charge < -0.3 is 14.6 Å². The van der Waals surface area contributed by atoms with E-state index >= 15 is 0 Å². The Bertz CT molecular complexity index is 814. The molecule has 0 aromatic carbocycles. The molecule has 0 aromatic heterocycles. The van der Waals surface area contributed by atoms with E-state index in [-0.39, 0.29) is 36.1 Å². The number of carbonyl (C=O) groups is 3. The summed E-state index contributed by atoms with van der Waals surface area (Å²) in [5.74, 6) is -1.32. The summed E-state index contributed by atoms with van der Waals surface area (Å²) in [6.07, 6.45) is 0.0162. The molecule has 8 atom stereocenters. The largest absolute Gasteiger partial charge is 0.457 e. The lowest BCUT2D eigenvalue weighted by Crippen LogP contribution is -2.77. The fourth-order valence-electron chi connectivity index (χ4n) is 7.86. The molecule has 2 spiro atoms. The van der Waals surface area contributed by atoms with E-state index in [0.717, 1.165) is 12.0 Å². The molecule has 2 aliphatic heterocycles. The van der Waals surface area contributed by atoms with Gasteiger partial charge in [-0.2, -0.15) is 0 Å². The van der Waals surface area contributed by atoms with Crippen LogP contribution in [-0.2, 0) is 23.9 Å². The predicted octanol–water partition coefficient (Wildman–Crippen LogP) is 1.83. The van der Waals surface area contributed by atoms with Gasteiger partial charge in [0.15, 0.2) is 5.78 Å². The Labute approximate surface area is 164 Å². The number of rotatable bonds is 1. The van der Waals surface area contributed by atoms with Crippen LogP contribution in [0.3, 0.4) is 0 Å². The minimum absolute atomic E-state index is 0.0775. The van der Waals surface area contributed by atoms with E-state index in [9.17, 15) is 19.5 Å². The standard InChI is InChI=1S/C22H28O6/c1-10-12-5-6-13-21(8-12,19(10)28-11(2)23)18(26)16(25)17-20(3,4)15-7-14(24)22(13,17)9-27-15/h12-13,15-17,19,25H,1,5-9H2,2-4H3/t12-,13-,15+,16+,17-,19-,21-,22-/m1/s1. The molecular weight excluding hydrogens is 360 g/mol. The topological polar surface area (TPSA) is 89.9 Å². The summed E-state index contributed by atoms with van der Waals surface area (Å²) < 4.78 is 11.8. The smallest absolute Gasteiger partial charge is 0.303 e. The Balaban J connectivity index is 1.73. The highest BCUT2D eigenvalue weighted by molar-refractivity contribution is 5.98. The van der Waals surface area contributed by atoms with Crippen molar-refractivity contribution in [2.24, 2.45) is 34.0 Å². The first-order chi connectivity index (χ1) is 13.1. The Morgan fingerprint density at radius 2 is 1.96 bits per heavy atom. The number of ether oxygens (including phenoxy) is 2. The number of aliphatic hydroxyl groups is 1. The molecule has 0 unspecified atom stereocenters. The Hall–Kier alpha value is -1.53. The van der Waals surface area contributed by atoms with Crippen LogP contribution >= 0.6 is 0 Å². The molecule has 2 heterocycles. The van der Waals surface area contributed by atoms with E-state index in [2.05, 4.69) is 6.58 Å². The maximum absolute atomic E-state index is 13.8. The number of aliphatic hydroxyl groups excluding tert-OH is 1. The number of hydrogen-bond donors (Lipinski definition) is 1. The van der Waals surface area contributed by atoms with E-state index in [1.807, 2.05) is 13.8 Å². The van der Waals surface area contributed by atoms with Crippen LogP contribution in [0.1, 0.15) is 46.5 Å². The highest BCUT2D eigenvalue weighted by Gasteiger charge is 2.79. The van der Waals surface area contributed by atoms with Crippen molar-refractivity contribution in [3.8, 4) is 0 Å². The van der Waals surface area contributed by atoms with Crippen LogP contribution in [0.2, 0.25) is 0 Å². The average molecular weight is 388 g/mol. The number of Topliss-reactive ketones (excluding diaryl/α,β-unsaturated/α-hetero) is 2. The van der Waals surface area contributed by atoms with Crippen LogP contribution < -0.4 is 0 Å². The van der Waals surface area contributed by atoms with Crippen LogP contribution in [0, 0.1) is 34.0 Å². The van der Waals surface area contributed by atoms with Crippen molar-refractivity contribution >= 4 is 17.5 Å². The number of fused-ring (bicyclic) bond motifs is 3. The number of ketones is 2. The summed E-state index contributed by atoms with van der Waals surface area (Å²) in [6.45, 7) is 9.73. The number of esters is 1. The van der Waals surface area contributed by atoms with E-state index in [4.69, 9.17) is 9.47 Å². The molecule has 6 rings (SSSR count). The zero-order chi connectivity index (χ0) is 20.2. The van der Waals surface area contributed by atoms with Crippen molar-refractivity contribution in [2.45, 2.75) is 64.8 Å². The first-order valence-electron chi connectivity index (χ1n) is 10.3. The quantitative estimate of drug-likeness (QED) is 0.545. The maximum Gasteiger partial charge on any atom is 0.303 e. The molecule has 4 saturated carbocycles. The average Bonchev–Trinajstić information content (AvgIpc) is 2.82. The molecule has 0 amide bonds. The summed E-state index contributed by atoms with van der Waals surface area (Å²) in [6, 6.07) is 0. The van der Waals surface area contributed by atoms with E-state index in [1.165, 1.54) is 6.92 Å². The van der Waals surface area contributed by atoms with Crippen molar-refractivity contribution in [2.75, 3.05) is 6.61 Å². The van der Waals surface area contributed by atoms with Crippen molar-refractivity contribution in [3.05, 3.63) is 12.2 Å². The molecule has 0 aromatic rings. The van der Waals surface area contributed by atoms with Gasteiger partial charge in [-0.3, -0.25) is 14.4 Å². The monoisotopic (exact) mass is 388 g/mol. The minimum atomic E-state index is -1.26. The van der Waals surface area contributed by atoms with Gasteiger partial charge in [0.05, 0.1) is 23.5 Å². The van der Waals surface area contributed by atoms with Crippen LogP contribution in [0.25, 0.3) is 0 Å². The second-order valence-corrected chi connectivity index (χ2v) is 10.2. The summed E-state index contributed by atoms with van der Waals surface area (Å²) in [7, 11) is 0. The van der Waals surface area contributed by atoms with E-state index in [1.54, 1.807) is 0 Å². The molecule has 6 fully saturated rings. The molecule has 6 nitrogen and oxygen atoms in total. The Kier molecular flexibility index (Phi) is 3.52. The third kappa shape index (κ3) is 1.80. The van der Waals surface area contributed by atoms with Gasteiger partial charge in [0.1, 0.15) is 18.0 Å². The Morgan fingerprint density at radius 3 is 2.61 bits per heavy atom. The molecule has 2 saturated heterocycles. The van der Waals surface area contributed by atoms with Gasteiger partial charge in [-0.05, 0) is 42.1 Å². The van der Waals surface area contributed by atoms with Crippen LogP contribution in [-0.4, -0.2) is 47.6 Å². The van der Waals surface area contributed by atoms with Gasteiger partial charge in [0.25, 0.3) is 0 Å². The van der Waals surface area contributed by atoms with Gasteiger partial charge in [0, 0.05) is 19.3 Å². The molecule has 4 aliphatic carbocycles. The van der Waals surface area contributed by atoms with Gasteiger partial charge in [-0.25, -0.2) is 0 Å². The van der Waals surface area contributed by atoms with Crippen LogP contribution in [0.5, 0.6) is 0 Å². The minimum Gasteiger partial charge on any atom is -0.457 e. The van der Waals surface area contributed by atoms with Crippen LogP contribution in [0.15, 0.2) is 12.2 Å². The van der Waals surface area contributed by atoms with Gasteiger partial charge >= 0.3 is 5.97 Å². The maximum atomic E-state index is 13.8. The second-order valence-electron chi connectivity index (χ2n) is 10.2. The first kappa shape index (κ1) is 18.5. The van der Waals surface area contributed by atoms with Crippen molar-refractivity contribution < 1.29 is 29.0 Å². The zero-order valence-electron chi connectivity index (χ0n) is 16.7. The molecule has 6 aliphatic rings.